The van der Waals surface area contributed by atoms with E-state index in [1.54, 1.807) is 0 Å². The first-order valence-corrected chi connectivity index (χ1v) is 13.8. The van der Waals surface area contributed by atoms with Gasteiger partial charge >= 0.3 is 0 Å². The van der Waals surface area contributed by atoms with Gasteiger partial charge in [0, 0.05) is 41.6 Å². The number of nitrogens with one attached hydrogen (secondary N) is 3. The molecule has 0 unspecified atom stereocenters. The van der Waals surface area contributed by atoms with Crippen molar-refractivity contribution >= 4 is 27.6 Å². The van der Waals surface area contributed by atoms with Gasteiger partial charge in [0.1, 0.15) is 0 Å². The van der Waals surface area contributed by atoms with E-state index in [2.05, 4.69) is 75.6 Å². The summed E-state index contributed by atoms with van der Waals surface area (Å²) < 4.78 is 0. The molecule has 8 nitrogen and oxygen atoms in total. The predicted octanol–water partition coefficient (Wildman–Crippen LogP) is 5.58. The van der Waals surface area contributed by atoms with E-state index in [9.17, 15) is 4.79 Å². The Kier molecular flexibility index (Phi) is 6.64. The van der Waals surface area contributed by atoms with Gasteiger partial charge in [-0.25, -0.2) is 4.98 Å². The molecule has 8 heteroatoms. The van der Waals surface area contributed by atoms with E-state index < -0.39 is 0 Å². The summed E-state index contributed by atoms with van der Waals surface area (Å²) in [5.41, 5.74) is 4.63. The topological polar surface area (TPSA) is 103 Å². The molecule has 0 spiro atoms. The third-order valence-electron chi connectivity index (χ3n) is 7.34. The summed E-state index contributed by atoms with van der Waals surface area (Å²) in [6.45, 7) is 10.4. The lowest BCUT2D eigenvalue weighted by Gasteiger charge is -2.14. The number of hydrogen-bond acceptors (Lipinski definition) is 5. The maximum atomic E-state index is 12.7. The van der Waals surface area contributed by atoms with E-state index in [1.165, 1.54) is 12.8 Å². The maximum absolute atomic E-state index is 12.7. The van der Waals surface area contributed by atoms with Gasteiger partial charge in [0.05, 0.1) is 11.2 Å². The van der Waals surface area contributed by atoms with Crippen molar-refractivity contribution < 1.29 is 4.79 Å². The van der Waals surface area contributed by atoms with Crippen molar-refractivity contribution in [2.75, 3.05) is 26.2 Å². The first kappa shape index (κ1) is 25.2. The minimum absolute atomic E-state index is 0.0240. The van der Waals surface area contributed by atoms with Crippen LogP contribution in [0.3, 0.4) is 0 Å². The molecule has 0 radical (unpaired) electrons. The smallest absolute Gasteiger partial charge is 0.251 e. The van der Waals surface area contributed by atoms with Gasteiger partial charge in [0.15, 0.2) is 11.6 Å². The first-order valence-electron chi connectivity index (χ1n) is 13.8. The van der Waals surface area contributed by atoms with Crippen molar-refractivity contribution in [3.8, 4) is 22.6 Å². The number of fused-ring (bicyclic) bond motifs is 2. The number of H-pyrrole nitrogens is 2. The maximum Gasteiger partial charge on any atom is 0.251 e. The summed E-state index contributed by atoms with van der Waals surface area (Å²) in [7, 11) is 0. The van der Waals surface area contributed by atoms with Gasteiger partial charge in [-0.2, -0.15) is 10.2 Å². The van der Waals surface area contributed by atoms with Crippen LogP contribution in [0.4, 0.5) is 0 Å². The Hall–Kier alpha value is -4.04. The first-order chi connectivity index (χ1) is 18.8. The highest BCUT2D eigenvalue weighted by Crippen LogP contribution is 2.32. The molecule has 0 bridgehead atoms. The molecule has 3 aromatic carbocycles. The van der Waals surface area contributed by atoms with Crippen molar-refractivity contribution in [2.45, 2.75) is 40.0 Å². The Labute approximate surface area is 228 Å². The lowest BCUT2D eigenvalue weighted by molar-refractivity contribution is 0.0950. The van der Waals surface area contributed by atoms with Gasteiger partial charge in [0.2, 0.25) is 0 Å². The SMILES string of the molecule is CC(C)(C)Cc1n[nH]c(-c2ccc3[nH]nc(-c4ccc5cc(C(=O)NCCN6CCCC6)ccc5c4)c3c2)n1. The van der Waals surface area contributed by atoms with Crippen LogP contribution < -0.4 is 5.32 Å². The molecule has 0 aliphatic carbocycles. The zero-order chi connectivity index (χ0) is 27.0. The number of likely N-dealkylation sites (tertiary alicyclic amines) is 1. The fourth-order valence-corrected chi connectivity index (χ4v) is 5.33. The van der Waals surface area contributed by atoms with Crippen LogP contribution in [0.1, 0.15) is 49.8 Å². The number of amides is 1. The normalized spacial score (nSPS) is 14.4. The number of carbonyl (C=O) groups is 1. The molecule has 1 amide bonds. The summed E-state index contributed by atoms with van der Waals surface area (Å²) in [5, 5.41) is 21.5. The average molecular weight is 522 g/mol. The quantitative estimate of drug-likeness (QED) is 0.259. The molecular formula is C31H35N7O. The number of aromatic amines is 2. The van der Waals surface area contributed by atoms with Crippen molar-refractivity contribution in [3.63, 3.8) is 0 Å². The van der Waals surface area contributed by atoms with E-state index >= 15 is 0 Å². The van der Waals surface area contributed by atoms with Crippen LogP contribution in [0.15, 0.2) is 54.6 Å². The molecule has 5 aromatic rings. The van der Waals surface area contributed by atoms with Gasteiger partial charge in [-0.05, 0) is 78.5 Å². The van der Waals surface area contributed by atoms with Gasteiger partial charge in [-0.1, -0.05) is 39.0 Å². The Morgan fingerprint density at radius 3 is 2.51 bits per heavy atom. The van der Waals surface area contributed by atoms with Gasteiger partial charge in [0.25, 0.3) is 5.91 Å². The minimum atomic E-state index is -0.0240. The van der Waals surface area contributed by atoms with Crippen LogP contribution in [0.25, 0.3) is 44.3 Å². The van der Waals surface area contributed by atoms with Gasteiger partial charge in [-0.15, -0.1) is 0 Å². The second-order valence-corrected chi connectivity index (χ2v) is 11.8. The molecule has 39 heavy (non-hydrogen) atoms. The Morgan fingerprint density at radius 2 is 1.69 bits per heavy atom. The summed E-state index contributed by atoms with van der Waals surface area (Å²) in [4.78, 5) is 19.9. The Morgan fingerprint density at radius 1 is 0.923 bits per heavy atom. The number of carbonyl (C=O) groups excluding carboxylic acids is 1. The van der Waals surface area contributed by atoms with Crippen molar-refractivity contribution in [2.24, 2.45) is 5.41 Å². The van der Waals surface area contributed by atoms with Crippen molar-refractivity contribution in [3.05, 3.63) is 66.0 Å². The highest BCUT2D eigenvalue weighted by atomic mass is 16.1. The van der Waals surface area contributed by atoms with E-state index in [0.29, 0.717) is 12.1 Å². The standard InChI is InChI=1S/C31H35N7O/c1-31(2,3)19-27-33-29(37-35-27)23-10-11-26-25(18-23)28(36-34-26)22-8-6-21-17-24(9-7-20(21)16-22)30(39)32-12-15-38-13-4-5-14-38/h6-11,16-18H,4-5,12-15,19H2,1-3H3,(H,32,39)(H,34,36)(H,33,35,37). The molecule has 3 heterocycles. The molecular weight excluding hydrogens is 486 g/mol. The largest absolute Gasteiger partial charge is 0.351 e. The zero-order valence-corrected chi connectivity index (χ0v) is 22.8. The fraction of sp³-hybridized carbons (Fsp3) is 0.355. The Bertz CT molecular complexity index is 1640. The van der Waals surface area contributed by atoms with E-state index in [-0.39, 0.29) is 11.3 Å². The Balaban J connectivity index is 1.22. The second-order valence-electron chi connectivity index (χ2n) is 11.8. The van der Waals surface area contributed by atoms with Crippen LogP contribution in [0, 0.1) is 5.41 Å². The van der Waals surface area contributed by atoms with E-state index in [4.69, 9.17) is 4.98 Å². The third kappa shape index (κ3) is 5.56. The van der Waals surface area contributed by atoms with Crippen molar-refractivity contribution in [1.82, 2.24) is 35.6 Å². The molecule has 200 valence electrons. The number of rotatable bonds is 7. The lowest BCUT2D eigenvalue weighted by atomic mass is 9.92. The second kappa shape index (κ2) is 10.3. The highest BCUT2D eigenvalue weighted by molar-refractivity contribution is 6.01. The molecule has 1 saturated heterocycles. The van der Waals surface area contributed by atoms with E-state index in [0.717, 1.165) is 76.2 Å². The lowest BCUT2D eigenvalue weighted by Crippen LogP contribution is -2.33. The predicted molar refractivity (Wildman–Crippen MR) is 156 cm³/mol. The number of nitrogens with zero attached hydrogens (tertiary/aromatic N) is 4. The fourth-order valence-electron chi connectivity index (χ4n) is 5.33. The molecule has 1 aliphatic heterocycles. The number of aromatic nitrogens is 5. The summed E-state index contributed by atoms with van der Waals surface area (Å²) >= 11 is 0. The zero-order valence-electron chi connectivity index (χ0n) is 22.8. The summed E-state index contributed by atoms with van der Waals surface area (Å²) in [6, 6.07) is 18.3. The molecule has 6 rings (SSSR count). The van der Waals surface area contributed by atoms with Crippen LogP contribution in [0.5, 0.6) is 0 Å². The van der Waals surface area contributed by atoms with Crippen LogP contribution in [0.2, 0.25) is 0 Å². The van der Waals surface area contributed by atoms with Crippen LogP contribution in [-0.2, 0) is 6.42 Å². The van der Waals surface area contributed by atoms with E-state index in [1.807, 2.05) is 30.3 Å². The molecule has 0 atom stereocenters. The number of hydrogen-bond donors (Lipinski definition) is 3. The van der Waals surface area contributed by atoms with Crippen LogP contribution in [-0.4, -0.2) is 62.4 Å². The molecule has 1 aliphatic rings. The van der Waals surface area contributed by atoms with Crippen LogP contribution >= 0.6 is 0 Å². The number of benzene rings is 3. The third-order valence-corrected chi connectivity index (χ3v) is 7.34. The highest BCUT2D eigenvalue weighted by Gasteiger charge is 2.17. The molecule has 1 fully saturated rings. The summed E-state index contributed by atoms with van der Waals surface area (Å²) in [5.74, 6) is 1.55. The van der Waals surface area contributed by atoms with Gasteiger partial charge in [-0.3, -0.25) is 15.0 Å². The average Bonchev–Trinajstić information content (AvgIpc) is 3.68. The monoisotopic (exact) mass is 521 g/mol. The minimum Gasteiger partial charge on any atom is -0.351 e. The molecule has 2 aromatic heterocycles. The molecule has 3 N–H and O–H groups in total. The summed E-state index contributed by atoms with van der Waals surface area (Å²) in [6.07, 6.45) is 3.33. The van der Waals surface area contributed by atoms with Gasteiger partial charge < -0.3 is 10.2 Å². The molecule has 0 saturated carbocycles. The van der Waals surface area contributed by atoms with Crippen molar-refractivity contribution in [1.29, 1.82) is 0 Å².